The molecule has 0 aliphatic heterocycles. The van der Waals surface area contributed by atoms with Gasteiger partial charge in [-0.2, -0.15) is 0 Å². The van der Waals surface area contributed by atoms with Crippen LogP contribution in [-0.4, -0.2) is 32.9 Å². The second kappa shape index (κ2) is 6.79. The molecule has 0 fully saturated rings. The average Bonchev–Trinajstić information content (AvgIpc) is 2.45. The van der Waals surface area contributed by atoms with Gasteiger partial charge in [0.25, 0.3) is 10.0 Å². The van der Waals surface area contributed by atoms with Gasteiger partial charge < -0.3 is 10.6 Å². The number of primary amides is 1. The number of carbonyl (C=O) groups excluding carboxylic acids is 1. The number of anilines is 2. The number of benzene rings is 1. The smallest absolute Gasteiger partial charge is 0.263 e. The molecule has 0 aliphatic carbocycles. The Hall–Kier alpha value is -2.75. The average molecular weight is 356 g/mol. The number of nitrogens with one attached hydrogen (secondary N) is 1. The Labute approximate surface area is 137 Å². The van der Waals surface area contributed by atoms with E-state index in [1.54, 1.807) is 7.05 Å². The van der Waals surface area contributed by atoms with Gasteiger partial charge in [-0.05, 0) is 24.3 Å². The highest BCUT2D eigenvalue weighted by atomic mass is 32.2. The molecular formula is C14H14F2N4O3S. The van der Waals surface area contributed by atoms with Crippen LogP contribution in [0.2, 0.25) is 0 Å². The van der Waals surface area contributed by atoms with Crippen LogP contribution in [-0.2, 0) is 14.8 Å². The zero-order valence-electron chi connectivity index (χ0n) is 12.5. The zero-order chi connectivity index (χ0) is 17.9. The van der Waals surface area contributed by atoms with Crippen LogP contribution < -0.4 is 15.4 Å². The van der Waals surface area contributed by atoms with E-state index in [2.05, 4.69) is 9.71 Å². The molecule has 3 N–H and O–H groups in total. The Morgan fingerprint density at radius 3 is 2.38 bits per heavy atom. The Kier molecular flexibility index (Phi) is 4.98. The number of hydrogen-bond acceptors (Lipinski definition) is 5. The van der Waals surface area contributed by atoms with E-state index in [4.69, 9.17) is 5.73 Å². The van der Waals surface area contributed by atoms with E-state index >= 15 is 0 Å². The zero-order valence-corrected chi connectivity index (χ0v) is 13.3. The van der Waals surface area contributed by atoms with E-state index in [1.807, 2.05) is 0 Å². The maximum atomic E-state index is 13.1. The van der Waals surface area contributed by atoms with E-state index in [1.165, 1.54) is 17.0 Å². The fraction of sp³-hybridized carbons (Fsp3) is 0.143. The number of amides is 1. The van der Waals surface area contributed by atoms with E-state index in [0.29, 0.717) is 11.9 Å². The topological polar surface area (TPSA) is 105 Å². The first kappa shape index (κ1) is 17.6. The number of carbonyl (C=O) groups is 1. The summed E-state index contributed by atoms with van der Waals surface area (Å²) >= 11 is 0. The maximum Gasteiger partial charge on any atom is 0.263 e. The second-order valence-corrected chi connectivity index (χ2v) is 6.62. The summed E-state index contributed by atoms with van der Waals surface area (Å²) in [6, 6.07) is 4.95. The molecule has 1 amide bonds. The van der Waals surface area contributed by atoms with Crippen molar-refractivity contribution in [2.24, 2.45) is 5.73 Å². The summed E-state index contributed by atoms with van der Waals surface area (Å²) in [5.74, 6) is -2.04. The van der Waals surface area contributed by atoms with E-state index in [9.17, 15) is 22.0 Å². The summed E-state index contributed by atoms with van der Waals surface area (Å²) in [7, 11) is -2.50. The molecule has 0 spiro atoms. The largest absolute Gasteiger partial charge is 0.368 e. The molecule has 0 saturated carbocycles. The summed E-state index contributed by atoms with van der Waals surface area (Å²) in [5, 5.41) is 0. The van der Waals surface area contributed by atoms with Crippen molar-refractivity contribution in [3.05, 3.63) is 48.2 Å². The molecule has 0 saturated heterocycles. The fourth-order valence-electron chi connectivity index (χ4n) is 1.90. The summed E-state index contributed by atoms with van der Waals surface area (Å²) in [6.45, 7) is -0.0834. The summed E-state index contributed by atoms with van der Waals surface area (Å²) in [5.41, 5.74) is 4.82. The van der Waals surface area contributed by atoms with Crippen LogP contribution in [0, 0.1) is 11.6 Å². The molecule has 0 aliphatic rings. The van der Waals surface area contributed by atoms with E-state index in [0.717, 1.165) is 18.3 Å². The van der Waals surface area contributed by atoms with Crippen LogP contribution >= 0.6 is 0 Å². The van der Waals surface area contributed by atoms with Crippen molar-refractivity contribution in [1.29, 1.82) is 0 Å². The Morgan fingerprint density at radius 2 is 1.88 bits per heavy atom. The lowest BCUT2D eigenvalue weighted by molar-refractivity contribution is -0.116. The third-order valence-electron chi connectivity index (χ3n) is 2.93. The molecule has 0 radical (unpaired) electrons. The number of halogens is 2. The van der Waals surface area contributed by atoms with E-state index in [-0.39, 0.29) is 17.1 Å². The molecule has 0 atom stereocenters. The van der Waals surface area contributed by atoms with Crippen molar-refractivity contribution in [2.75, 3.05) is 23.2 Å². The van der Waals surface area contributed by atoms with Gasteiger partial charge in [-0.15, -0.1) is 0 Å². The van der Waals surface area contributed by atoms with Crippen molar-refractivity contribution >= 4 is 27.4 Å². The number of likely N-dealkylation sites (N-methyl/N-ethyl adjacent to an activating group) is 1. The molecule has 1 aromatic carbocycles. The molecule has 0 bridgehead atoms. The quantitative estimate of drug-likeness (QED) is 0.806. The second-order valence-electron chi connectivity index (χ2n) is 4.94. The summed E-state index contributed by atoms with van der Waals surface area (Å²) < 4.78 is 52.7. The van der Waals surface area contributed by atoms with Gasteiger partial charge in [0.15, 0.2) is 0 Å². The maximum absolute atomic E-state index is 13.1. The molecule has 24 heavy (non-hydrogen) atoms. The molecule has 7 nitrogen and oxygen atoms in total. The molecular weight excluding hydrogens is 342 g/mol. The normalized spacial score (nSPS) is 11.1. The third-order valence-corrected chi connectivity index (χ3v) is 4.30. The van der Waals surface area contributed by atoms with Gasteiger partial charge in [-0.1, -0.05) is 0 Å². The van der Waals surface area contributed by atoms with Crippen molar-refractivity contribution in [3.63, 3.8) is 0 Å². The number of nitrogens with two attached hydrogens (primary N) is 1. The minimum absolute atomic E-state index is 0.0834. The summed E-state index contributed by atoms with van der Waals surface area (Å²) in [6.07, 6.45) is 1.06. The number of sulfonamides is 1. The van der Waals surface area contributed by atoms with Crippen molar-refractivity contribution < 1.29 is 22.0 Å². The van der Waals surface area contributed by atoms with Crippen molar-refractivity contribution in [2.45, 2.75) is 4.90 Å². The highest BCUT2D eigenvalue weighted by Gasteiger charge is 2.16. The minimum atomic E-state index is -4.07. The van der Waals surface area contributed by atoms with E-state index < -0.39 is 27.6 Å². The third kappa shape index (κ3) is 4.38. The number of hydrogen-bond donors (Lipinski definition) is 2. The van der Waals surface area contributed by atoms with Crippen molar-refractivity contribution in [3.8, 4) is 0 Å². The predicted octanol–water partition coefficient (Wildman–Crippen LogP) is 1.08. The van der Waals surface area contributed by atoms with Gasteiger partial charge in [0, 0.05) is 19.3 Å². The number of rotatable bonds is 6. The first-order chi connectivity index (χ1) is 11.2. The van der Waals surface area contributed by atoms with Gasteiger partial charge in [-0.3, -0.25) is 9.52 Å². The number of pyridine rings is 1. The Balaban J connectivity index is 2.21. The lowest BCUT2D eigenvalue weighted by atomic mass is 10.3. The Bertz CT molecular complexity index is 837. The molecule has 1 heterocycles. The van der Waals surface area contributed by atoms with Crippen LogP contribution in [0.4, 0.5) is 20.3 Å². The predicted molar refractivity (Wildman–Crippen MR) is 83.9 cm³/mol. The molecule has 128 valence electrons. The Morgan fingerprint density at radius 1 is 1.25 bits per heavy atom. The van der Waals surface area contributed by atoms with Gasteiger partial charge in [0.1, 0.15) is 22.3 Å². The van der Waals surface area contributed by atoms with Gasteiger partial charge in [0.05, 0.1) is 12.2 Å². The SMILES string of the molecule is CN(CC(N)=O)c1ccc(S(=O)(=O)Nc2cc(F)cc(F)c2)cn1. The number of nitrogens with zero attached hydrogens (tertiary/aromatic N) is 2. The molecule has 2 aromatic rings. The first-order valence-electron chi connectivity index (χ1n) is 6.62. The highest BCUT2D eigenvalue weighted by molar-refractivity contribution is 7.92. The number of aromatic nitrogens is 1. The molecule has 2 rings (SSSR count). The van der Waals surface area contributed by atoms with Crippen molar-refractivity contribution in [1.82, 2.24) is 4.98 Å². The molecule has 1 aromatic heterocycles. The monoisotopic (exact) mass is 356 g/mol. The van der Waals surface area contributed by atoms with Gasteiger partial charge in [0.2, 0.25) is 5.91 Å². The lowest BCUT2D eigenvalue weighted by Crippen LogP contribution is -2.31. The fourth-order valence-corrected chi connectivity index (χ4v) is 2.88. The highest BCUT2D eigenvalue weighted by Crippen LogP contribution is 2.19. The standard InChI is InChI=1S/C14H14F2N4O3S/c1-20(8-13(17)21)14-3-2-12(7-18-14)24(22,23)19-11-5-9(15)4-10(16)6-11/h2-7,19H,8H2,1H3,(H2,17,21). The van der Waals surface area contributed by atoms with Crippen LogP contribution in [0.15, 0.2) is 41.4 Å². The lowest BCUT2D eigenvalue weighted by Gasteiger charge is -2.16. The van der Waals surface area contributed by atoms with Crippen LogP contribution in [0.25, 0.3) is 0 Å². The van der Waals surface area contributed by atoms with Crippen LogP contribution in [0.5, 0.6) is 0 Å². The van der Waals surface area contributed by atoms with Crippen LogP contribution in [0.1, 0.15) is 0 Å². The molecule has 10 heteroatoms. The van der Waals surface area contributed by atoms with Gasteiger partial charge in [-0.25, -0.2) is 22.2 Å². The van der Waals surface area contributed by atoms with Crippen LogP contribution in [0.3, 0.4) is 0 Å². The van der Waals surface area contributed by atoms with Gasteiger partial charge >= 0.3 is 0 Å². The minimum Gasteiger partial charge on any atom is -0.368 e. The molecule has 0 unspecified atom stereocenters. The summed E-state index contributed by atoms with van der Waals surface area (Å²) in [4.78, 5) is 16.0. The first-order valence-corrected chi connectivity index (χ1v) is 8.10.